The lowest BCUT2D eigenvalue weighted by Gasteiger charge is -2.42. The average Bonchev–Trinajstić information content (AvgIpc) is 2.37. The Hall–Kier alpha value is -0.440. The molecule has 18 heavy (non-hydrogen) atoms. The van der Waals surface area contributed by atoms with Crippen molar-refractivity contribution in [2.45, 2.75) is 79.1 Å². The van der Waals surface area contributed by atoms with Crippen molar-refractivity contribution in [3.8, 4) is 12.3 Å². The van der Waals surface area contributed by atoms with Gasteiger partial charge in [-0.3, -0.25) is 0 Å². The molecule has 0 spiro atoms. The van der Waals surface area contributed by atoms with Gasteiger partial charge in [0.25, 0.3) is 0 Å². The largest absolute Gasteiger partial charge is 0.120 e. The van der Waals surface area contributed by atoms with E-state index in [0.29, 0.717) is 5.41 Å². The molecule has 1 saturated carbocycles. The molecule has 1 atom stereocenters. The summed E-state index contributed by atoms with van der Waals surface area (Å²) < 4.78 is 0. The van der Waals surface area contributed by atoms with Crippen LogP contribution in [0.4, 0.5) is 0 Å². The normalized spacial score (nSPS) is 30.1. The Bertz CT molecular complexity index is 260. The van der Waals surface area contributed by atoms with Gasteiger partial charge in [0.2, 0.25) is 0 Å². The maximum absolute atomic E-state index is 5.47. The molecule has 0 amide bonds. The van der Waals surface area contributed by atoms with Crippen LogP contribution < -0.4 is 0 Å². The molecule has 0 nitrogen and oxygen atoms in total. The lowest BCUT2D eigenvalue weighted by atomic mass is 9.63. The number of hydrogen-bond donors (Lipinski definition) is 0. The monoisotopic (exact) mass is 248 g/mol. The SMILES string of the molecule is C#CCCC1(CCC)CCC(C(C)C(C)C)CC1. The van der Waals surface area contributed by atoms with Gasteiger partial charge in [-0.2, -0.15) is 0 Å². The van der Waals surface area contributed by atoms with Crippen LogP contribution >= 0.6 is 0 Å². The maximum Gasteiger partial charge on any atom is 0.00913 e. The highest BCUT2D eigenvalue weighted by molar-refractivity contribution is 4.92. The van der Waals surface area contributed by atoms with Gasteiger partial charge in [-0.05, 0) is 61.7 Å². The van der Waals surface area contributed by atoms with Crippen LogP contribution in [0.1, 0.15) is 79.1 Å². The molecule has 0 heteroatoms. The molecule has 0 aromatic heterocycles. The van der Waals surface area contributed by atoms with Crippen molar-refractivity contribution in [3.63, 3.8) is 0 Å². The predicted octanol–water partition coefficient (Wildman–Crippen LogP) is 5.67. The third-order valence-electron chi connectivity index (χ3n) is 5.47. The fourth-order valence-corrected chi connectivity index (χ4v) is 3.82. The van der Waals surface area contributed by atoms with E-state index < -0.39 is 0 Å². The molecule has 1 aliphatic carbocycles. The van der Waals surface area contributed by atoms with E-state index in [2.05, 4.69) is 33.6 Å². The second-order valence-corrected chi connectivity index (χ2v) is 6.89. The van der Waals surface area contributed by atoms with Gasteiger partial charge >= 0.3 is 0 Å². The highest BCUT2D eigenvalue weighted by Gasteiger charge is 2.35. The number of terminal acetylenes is 1. The fraction of sp³-hybridized carbons (Fsp3) is 0.889. The molecular weight excluding hydrogens is 216 g/mol. The predicted molar refractivity (Wildman–Crippen MR) is 81.4 cm³/mol. The van der Waals surface area contributed by atoms with E-state index in [4.69, 9.17) is 6.42 Å². The van der Waals surface area contributed by atoms with Crippen molar-refractivity contribution in [2.75, 3.05) is 0 Å². The molecular formula is C18H32. The summed E-state index contributed by atoms with van der Waals surface area (Å²) in [4.78, 5) is 0. The smallest absolute Gasteiger partial charge is 0.00913 e. The van der Waals surface area contributed by atoms with Gasteiger partial charge in [0.05, 0.1) is 0 Å². The van der Waals surface area contributed by atoms with Gasteiger partial charge < -0.3 is 0 Å². The first-order chi connectivity index (χ1) is 8.54. The summed E-state index contributed by atoms with van der Waals surface area (Å²) in [5.41, 5.74) is 0.592. The van der Waals surface area contributed by atoms with Gasteiger partial charge in [-0.25, -0.2) is 0 Å². The Morgan fingerprint density at radius 1 is 1.17 bits per heavy atom. The molecule has 0 heterocycles. The van der Waals surface area contributed by atoms with Gasteiger partial charge in [-0.1, -0.05) is 34.1 Å². The van der Waals surface area contributed by atoms with E-state index in [0.717, 1.165) is 24.2 Å². The molecule has 0 radical (unpaired) electrons. The summed E-state index contributed by atoms with van der Waals surface area (Å²) in [5.74, 6) is 5.53. The highest BCUT2D eigenvalue weighted by atomic mass is 14.4. The van der Waals surface area contributed by atoms with Gasteiger partial charge in [0, 0.05) is 6.42 Å². The van der Waals surface area contributed by atoms with Crippen molar-refractivity contribution in [2.24, 2.45) is 23.2 Å². The Kier molecular flexibility index (Phi) is 6.27. The fourth-order valence-electron chi connectivity index (χ4n) is 3.82. The van der Waals surface area contributed by atoms with Crippen molar-refractivity contribution in [1.82, 2.24) is 0 Å². The summed E-state index contributed by atoms with van der Waals surface area (Å²) in [6.45, 7) is 9.51. The summed E-state index contributed by atoms with van der Waals surface area (Å²) in [6.07, 6.45) is 16.1. The van der Waals surface area contributed by atoms with Crippen molar-refractivity contribution >= 4 is 0 Å². The minimum atomic E-state index is 0.592. The van der Waals surface area contributed by atoms with Crippen LogP contribution in [-0.4, -0.2) is 0 Å². The third kappa shape index (κ3) is 4.04. The molecule has 104 valence electrons. The Morgan fingerprint density at radius 2 is 1.78 bits per heavy atom. The van der Waals surface area contributed by atoms with Crippen molar-refractivity contribution in [3.05, 3.63) is 0 Å². The molecule has 0 aliphatic heterocycles. The van der Waals surface area contributed by atoms with Crippen LogP contribution in [0.2, 0.25) is 0 Å². The molecule has 1 fully saturated rings. The Labute approximate surface area is 115 Å². The van der Waals surface area contributed by atoms with Crippen LogP contribution in [0.5, 0.6) is 0 Å². The van der Waals surface area contributed by atoms with Crippen LogP contribution in [0, 0.1) is 35.5 Å². The topological polar surface area (TPSA) is 0 Å². The minimum absolute atomic E-state index is 0.592. The number of rotatable bonds is 6. The first kappa shape index (κ1) is 15.6. The lowest BCUT2D eigenvalue weighted by molar-refractivity contribution is 0.0903. The first-order valence-corrected chi connectivity index (χ1v) is 7.98. The van der Waals surface area contributed by atoms with Gasteiger partial charge in [0.15, 0.2) is 0 Å². The van der Waals surface area contributed by atoms with E-state index in [1.807, 2.05) is 0 Å². The molecule has 0 aromatic carbocycles. The zero-order chi connectivity index (χ0) is 13.6. The van der Waals surface area contributed by atoms with Crippen molar-refractivity contribution < 1.29 is 0 Å². The lowest BCUT2D eigenvalue weighted by Crippen LogP contribution is -2.31. The van der Waals surface area contributed by atoms with E-state index in [1.165, 1.54) is 44.9 Å². The Balaban J connectivity index is 2.54. The summed E-state index contributed by atoms with van der Waals surface area (Å²) in [7, 11) is 0. The molecule has 0 bridgehead atoms. The maximum atomic E-state index is 5.47. The first-order valence-electron chi connectivity index (χ1n) is 7.98. The molecule has 1 rings (SSSR count). The molecule has 0 aromatic rings. The van der Waals surface area contributed by atoms with E-state index in [9.17, 15) is 0 Å². The van der Waals surface area contributed by atoms with Crippen LogP contribution in [0.3, 0.4) is 0 Å². The average molecular weight is 248 g/mol. The standard InChI is InChI=1S/C18H32/c1-6-8-12-18(11-7-2)13-9-17(10-14-18)16(5)15(3)4/h1,15-17H,7-14H2,2-5H3. The second kappa shape index (κ2) is 7.22. The molecule has 0 N–H and O–H groups in total. The van der Waals surface area contributed by atoms with Crippen LogP contribution in [-0.2, 0) is 0 Å². The van der Waals surface area contributed by atoms with Gasteiger partial charge in [0.1, 0.15) is 0 Å². The summed E-state index contributed by atoms with van der Waals surface area (Å²) in [6, 6.07) is 0. The zero-order valence-electron chi connectivity index (χ0n) is 13.0. The van der Waals surface area contributed by atoms with Crippen LogP contribution in [0.25, 0.3) is 0 Å². The number of hydrogen-bond acceptors (Lipinski definition) is 0. The molecule has 1 unspecified atom stereocenters. The van der Waals surface area contributed by atoms with E-state index >= 15 is 0 Å². The summed E-state index contributed by atoms with van der Waals surface area (Å²) >= 11 is 0. The van der Waals surface area contributed by atoms with Crippen molar-refractivity contribution in [1.29, 1.82) is 0 Å². The van der Waals surface area contributed by atoms with E-state index in [1.54, 1.807) is 0 Å². The van der Waals surface area contributed by atoms with Crippen LogP contribution in [0.15, 0.2) is 0 Å². The quantitative estimate of drug-likeness (QED) is 0.531. The Morgan fingerprint density at radius 3 is 2.22 bits per heavy atom. The summed E-state index contributed by atoms with van der Waals surface area (Å²) in [5, 5.41) is 0. The minimum Gasteiger partial charge on any atom is -0.120 e. The third-order valence-corrected chi connectivity index (χ3v) is 5.47. The van der Waals surface area contributed by atoms with Gasteiger partial charge in [-0.15, -0.1) is 12.3 Å². The second-order valence-electron chi connectivity index (χ2n) is 6.89. The highest BCUT2D eigenvalue weighted by Crippen LogP contribution is 2.48. The molecule has 1 aliphatic rings. The zero-order valence-corrected chi connectivity index (χ0v) is 13.0. The molecule has 0 saturated heterocycles. The van der Waals surface area contributed by atoms with E-state index in [-0.39, 0.29) is 0 Å².